The molecule has 1 aromatic rings. The number of nitrogens with zero attached hydrogens (tertiary/aromatic N) is 1. The van der Waals surface area contributed by atoms with Crippen LogP contribution in [0.25, 0.3) is 0 Å². The van der Waals surface area contributed by atoms with Crippen molar-refractivity contribution in [3.8, 4) is 0 Å². The number of carboxylic acids is 1. The zero-order chi connectivity index (χ0) is 15.8. The molecular weight excluding hydrogens is 307 g/mol. The first-order valence-electron chi connectivity index (χ1n) is 5.97. The lowest BCUT2D eigenvalue weighted by Crippen LogP contribution is -2.43. The Morgan fingerprint density at radius 1 is 1.67 bits per heavy atom. The third-order valence-electron chi connectivity index (χ3n) is 3.51. The predicted molar refractivity (Wildman–Crippen MR) is 72.0 cm³/mol. The van der Waals surface area contributed by atoms with Gasteiger partial charge in [0.2, 0.25) is 0 Å². The molecule has 0 amide bonds. The number of hydrogen-bond donors (Lipinski definition) is 2. The smallest absolute Gasteiger partial charge is 0.313 e. The Balaban J connectivity index is 2.37. The number of nitrogens with one attached hydrogen (secondary N) is 1. The Hall–Kier alpha value is -1.93. The van der Waals surface area contributed by atoms with Crippen LogP contribution in [0.4, 0.5) is 15.8 Å². The maximum atomic E-state index is 13.3. The van der Waals surface area contributed by atoms with Gasteiger partial charge in [-0.05, 0) is 13.0 Å². The van der Waals surface area contributed by atoms with Crippen LogP contribution in [0.3, 0.4) is 0 Å². The molecule has 21 heavy (non-hydrogen) atoms. The second-order valence-corrected chi connectivity index (χ2v) is 5.38. The summed E-state index contributed by atoms with van der Waals surface area (Å²) in [5, 5.41) is 22.7. The number of carboxylic acid groups (broad SMARTS) is 1. The molecule has 0 bridgehead atoms. The van der Waals surface area contributed by atoms with E-state index in [-0.39, 0.29) is 23.9 Å². The fourth-order valence-corrected chi connectivity index (χ4v) is 2.24. The molecule has 2 unspecified atom stereocenters. The Morgan fingerprint density at radius 3 is 2.90 bits per heavy atom. The summed E-state index contributed by atoms with van der Waals surface area (Å²) in [6.07, 6.45) is 0. The van der Waals surface area contributed by atoms with E-state index in [0.29, 0.717) is 6.07 Å². The van der Waals surface area contributed by atoms with Crippen molar-refractivity contribution in [2.75, 3.05) is 18.5 Å². The van der Waals surface area contributed by atoms with E-state index in [1.54, 1.807) is 0 Å². The highest BCUT2D eigenvalue weighted by Crippen LogP contribution is 2.36. The first-order chi connectivity index (χ1) is 9.75. The van der Waals surface area contributed by atoms with E-state index in [2.05, 4.69) is 5.32 Å². The normalized spacial score (nSPS) is 24.8. The summed E-state index contributed by atoms with van der Waals surface area (Å²) in [7, 11) is 0. The van der Waals surface area contributed by atoms with Gasteiger partial charge < -0.3 is 15.2 Å². The van der Waals surface area contributed by atoms with Crippen LogP contribution in [0, 0.1) is 21.3 Å². The summed E-state index contributed by atoms with van der Waals surface area (Å²) in [5.74, 6) is -2.01. The summed E-state index contributed by atoms with van der Waals surface area (Å²) in [6.45, 7) is 1.51. The van der Waals surface area contributed by atoms with Crippen molar-refractivity contribution in [2.45, 2.75) is 13.0 Å². The van der Waals surface area contributed by atoms with E-state index in [1.165, 1.54) is 6.92 Å². The van der Waals surface area contributed by atoms with Crippen molar-refractivity contribution in [1.82, 2.24) is 0 Å². The molecule has 0 radical (unpaired) electrons. The monoisotopic (exact) mass is 318 g/mol. The zero-order valence-electron chi connectivity index (χ0n) is 10.9. The first kappa shape index (κ1) is 15.5. The van der Waals surface area contributed by atoms with Crippen LogP contribution >= 0.6 is 11.6 Å². The number of carbonyl (C=O) groups is 1. The Bertz CT molecular complexity index is 612. The van der Waals surface area contributed by atoms with E-state index in [9.17, 15) is 24.4 Å². The molecule has 1 aromatic carbocycles. The van der Waals surface area contributed by atoms with Crippen molar-refractivity contribution >= 4 is 28.9 Å². The van der Waals surface area contributed by atoms with Crippen molar-refractivity contribution in [3.63, 3.8) is 0 Å². The predicted octanol–water partition coefficient (Wildman–Crippen LogP) is 2.29. The van der Waals surface area contributed by atoms with Crippen molar-refractivity contribution < 1.29 is 24.0 Å². The molecule has 0 aliphatic carbocycles. The molecule has 1 aliphatic heterocycles. The van der Waals surface area contributed by atoms with Gasteiger partial charge in [0.05, 0.1) is 35.3 Å². The molecule has 2 N–H and O–H groups in total. The quantitative estimate of drug-likeness (QED) is 0.652. The molecule has 0 aromatic heterocycles. The molecule has 2 atom stereocenters. The molecule has 2 rings (SSSR count). The second kappa shape index (κ2) is 5.45. The SMILES string of the molecule is CC1(C(=O)O)COCC1Nc1cc(Cl)c(F)cc1[N+](=O)[O-]. The minimum absolute atomic E-state index is 0.0251. The van der Waals surface area contributed by atoms with Gasteiger partial charge in [0.1, 0.15) is 16.9 Å². The van der Waals surface area contributed by atoms with Crippen LogP contribution in [-0.4, -0.2) is 35.3 Å². The summed E-state index contributed by atoms with van der Waals surface area (Å²) in [5.41, 5.74) is -1.81. The lowest BCUT2D eigenvalue weighted by molar-refractivity contribution is -0.384. The number of hydrogen-bond acceptors (Lipinski definition) is 5. The highest BCUT2D eigenvalue weighted by atomic mass is 35.5. The maximum absolute atomic E-state index is 13.3. The van der Waals surface area contributed by atoms with Gasteiger partial charge >= 0.3 is 5.97 Å². The van der Waals surface area contributed by atoms with Gasteiger partial charge in [0.15, 0.2) is 0 Å². The maximum Gasteiger partial charge on any atom is 0.313 e. The summed E-state index contributed by atoms with van der Waals surface area (Å²) in [4.78, 5) is 21.5. The highest BCUT2D eigenvalue weighted by Gasteiger charge is 2.47. The summed E-state index contributed by atoms with van der Waals surface area (Å²) in [6, 6.07) is 1.06. The fraction of sp³-hybridized carbons (Fsp3) is 0.417. The number of ether oxygens (including phenoxy) is 1. The molecule has 0 saturated carbocycles. The number of aliphatic carboxylic acids is 1. The minimum atomic E-state index is -1.24. The van der Waals surface area contributed by atoms with E-state index in [4.69, 9.17) is 16.3 Å². The summed E-state index contributed by atoms with van der Waals surface area (Å²) < 4.78 is 18.5. The highest BCUT2D eigenvalue weighted by molar-refractivity contribution is 6.31. The van der Waals surface area contributed by atoms with Gasteiger partial charge in [0.25, 0.3) is 5.69 Å². The van der Waals surface area contributed by atoms with Gasteiger partial charge in [-0.3, -0.25) is 14.9 Å². The standard InChI is InChI=1S/C12H12ClFN2O5/c1-12(11(17)18)5-21-4-10(12)15-8-2-6(13)7(14)3-9(8)16(19)20/h2-3,10,15H,4-5H2,1H3,(H,17,18). The Kier molecular flexibility index (Phi) is 4.02. The van der Waals surface area contributed by atoms with E-state index >= 15 is 0 Å². The molecule has 1 saturated heterocycles. The van der Waals surface area contributed by atoms with Crippen LogP contribution in [0.1, 0.15) is 6.92 Å². The molecule has 1 aliphatic rings. The average Bonchev–Trinajstić information content (AvgIpc) is 2.76. The number of rotatable bonds is 4. The topological polar surface area (TPSA) is 102 Å². The number of halogens is 2. The molecule has 1 fully saturated rings. The molecule has 9 heteroatoms. The van der Waals surface area contributed by atoms with E-state index in [1.807, 2.05) is 0 Å². The molecular formula is C12H12ClFN2O5. The number of nitro groups is 1. The van der Waals surface area contributed by atoms with E-state index in [0.717, 1.165) is 6.07 Å². The van der Waals surface area contributed by atoms with Crippen LogP contribution in [0.2, 0.25) is 5.02 Å². The Labute approximate surface area is 123 Å². The summed E-state index contributed by atoms with van der Waals surface area (Å²) >= 11 is 5.62. The fourth-order valence-electron chi connectivity index (χ4n) is 2.08. The third kappa shape index (κ3) is 2.77. The van der Waals surface area contributed by atoms with Crippen LogP contribution in [0.15, 0.2) is 12.1 Å². The first-order valence-corrected chi connectivity index (χ1v) is 6.34. The lowest BCUT2D eigenvalue weighted by Gasteiger charge is -2.26. The number of anilines is 1. The average molecular weight is 319 g/mol. The molecule has 7 nitrogen and oxygen atoms in total. The molecule has 1 heterocycles. The largest absolute Gasteiger partial charge is 0.481 e. The van der Waals surface area contributed by atoms with Gasteiger partial charge in [-0.25, -0.2) is 4.39 Å². The van der Waals surface area contributed by atoms with Gasteiger partial charge in [-0.2, -0.15) is 0 Å². The molecule has 0 spiro atoms. The van der Waals surface area contributed by atoms with Crippen molar-refractivity contribution in [1.29, 1.82) is 0 Å². The van der Waals surface area contributed by atoms with Crippen molar-refractivity contribution in [3.05, 3.63) is 33.1 Å². The minimum Gasteiger partial charge on any atom is -0.481 e. The van der Waals surface area contributed by atoms with Crippen LogP contribution in [-0.2, 0) is 9.53 Å². The van der Waals surface area contributed by atoms with Crippen LogP contribution in [0.5, 0.6) is 0 Å². The van der Waals surface area contributed by atoms with Crippen LogP contribution < -0.4 is 5.32 Å². The third-order valence-corrected chi connectivity index (χ3v) is 3.80. The van der Waals surface area contributed by atoms with Crippen molar-refractivity contribution in [2.24, 2.45) is 5.41 Å². The Morgan fingerprint density at radius 2 is 2.33 bits per heavy atom. The van der Waals surface area contributed by atoms with Gasteiger partial charge in [-0.15, -0.1) is 0 Å². The zero-order valence-corrected chi connectivity index (χ0v) is 11.7. The number of benzene rings is 1. The van der Waals surface area contributed by atoms with Gasteiger partial charge in [-0.1, -0.05) is 11.6 Å². The second-order valence-electron chi connectivity index (χ2n) is 4.98. The van der Waals surface area contributed by atoms with E-state index < -0.39 is 33.9 Å². The molecule has 114 valence electrons. The van der Waals surface area contributed by atoms with Gasteiger partial charge in [0, 0.05) is 0 Å². The number of nitro benzene ring substituents is 1. The lowest BCUT2D eigenvalue weighted by atomic mass is 9.85.